The molecule has 0 saturated carbocycles. The number of carbonyl (C=O) groups excluding carboxylic acids is 1. The minimum Gasteiger partial charge on any atom is -0.388 e. The van der Waals surface area contributed by atoms with Gasteiger partial charge in [0.1, 0.15) is 6.10 Å². The summed E-state index contributed by atoms with van der Waals surface area (Å²) in [6.45, 7) is 0. The Morgan fingerprint density at radius 2 is 2.06 bits per heavy atom. The van der Waals surface area contributed by atoms with E-state index in [0.29, 0.717) is 0 Å². The molecule has 1 amide bonds. The van der Waals surface area contributed by atoms with Crippen LogP contribution in [0.25, 0.3) is 0 Å². The van der Waals surface area contributed by atoms with Crippen molar-refractivity contribution in [2.45, 2.75) is 37.3 Å². The van der Waals surface area contributed by atoms with E-state index < -0.39 is 36.8 Å². The lowest BCUT2D eigenvalue weighted by Crippen LogP contribution is -2.56. The van der Waals surface area contributed by atoms with Crippen LogP contribution in [0.15, 0.2) is 0 Å². The Bertz CT molecular complexity index is 285. The normalized spacial score (nSPS) is 34.5. The van der Waals surface area contributed by atoms with Gasteiger partial charge in [0.25, 0.3) is 0 Å². The first-order valence-corrected chi connectivity index (χ1v) is 4.67. The van der Waals surface area contributed by atoms with Crippen LogP contribution in [0.2, 0.25) is 0 Å². The Hall–Kier alpha value is -0.900. The van der Waals surface area contributed by atoms with E-state index in [4.69, 9.17) is 0 Å². The molecule has 0 unspecified atom stereocenters. The first-order chi connectivity index (χ1) is 7.75. The van der Waals surface area contributed by atoms with Gasteiger partial charge in [-0.1, -0.05) is 0 Å². The van der Waals surface area contributed by atoms with Gasteiger partial charge >= 0.3 is 12.1 Å². The molecule has 0 aliphatic carbocycles. The maximum atomic E-state index is 11.9. The second-order valence-electron chi connectivity index (χ2n) is 3.51. The SMILES string of the molecule is CO[C@H]1O[C@@H](O)[C@@H](NC(=O)C(F)(F)F)C[C@@H]1O. The Balaban J connectivity index is 2.59. The van der Waals surface area contributed by atoms with Crippen LogP contribution in [0.5, 0.6) is 0 Å². The highest BCUT2D eigenvalue weighted by molar-refractivity contribution is 5.81. The first kappa shape index (κ1) is 14.2. The zero-order chi connectivity index (χ0) is 13.2. The minimum absolute atomic E-state index is 0.304. The zero-order valence-corrected chi connectivity index (χ0v) is 8.77. The van der Waals surface area contributed by atoms with Crippen molar-refractivity contribution in [2.24, 2.45) is 0 Å². The highest BCUT2D eigenvalue weighted by Crippen LogP contribution is 2.21. The van der Waals surface area contributed by atoms with Crippen LogP contribution in [-0.4, -0.2) is 54.1 Å². The maximum Gasteiger partial charge on any atom is 0.471 e. The van der Waals surface area contributed by atoms with Gasteiger partial charge in [-0.25, -0.2) is 0 Å². The van der Waals surface area contributed by atoms with Gasteiger partial charge in [0.2, 0.25) is 0 Å². The summed E-state index contributed by atoms with van der Waals surface area (Å²) in [5.41, 5.74) is 0. The van der Waals surface area contributed by atoms with Gasteiger partial charge in [0.15, 0.2) is 12.6 Å². The van der Waals surface area contributed by atoms with Crippen LogP contribution < -0.4 is 5.32 Å². The summed E-state index contributed by atoms with van der Waals surface area (Å²) < 4.78 is 45.2. The second-order valence-corrected chi connectivity index (χ2v) is 3.51. The van der Waals surface area contributed by atoms with Crippen molar-refractivity contribution in [3.05, 3.63) is 0 Å². The number of carbonyl (C=O) groups is 1. The van der Waals surface area contributed by atoms with Gasteiger partial charge in [-0.05, 0) is 0 Å². The quantitative estimate of drug-likeness (QED) is 0.598. The van der Waals surface area contributed by atoms with Crippen LogP contribution in [0.1, 0.15) is 6.42 Å². The van der Waals surface area contributed by atoms with E-state index in [1.807, 2.05) is 0 Å². The molecule has 4 atom stereocenters. The van der Waals surface area contributed by atoms with E-state index in [1.165, 1.54) is 12.4 Å². The summed E-state index contributed by atoms with van der Waals surface area (Å²) in [6, 6.07) is -1.34. The molecule has 1 fully saturated rings. The van der Waals surface area contributed by atoms with Crippen molar-refractivity contribution in [3.8, 4) is 0 Å². The number of amides is 1. The third-order valence-electron chi connectivity index (χ3n) is 2.23. The summed E-state index contributed by atoms with van der Waals surface area (Å²) in [5.74, 6) is -2.20. The van der Waals surface area contributed by atoms with Gasteiger partial charge in [-0.2, -0.15) is 13.2 Å². The van der Waals surface area contributed by atoms with Crippen LogP contribution >= 0.6 is 0 Å². The van der Waals surface area contributed by atoms with Crippen molar-refractivity contribution in [2.75, 3.05) is 7.11 Å². The molecule has 1 aliphatic rings. The number of hydrogen-bond acceptors (Lipinski definition) is 5. The Kier molecular flexibility index (Phi) is 4.31. The largest absolute Gasteiger partial charge is 0.471 e. The standard InChI is InChI=1S/C8H12F3NO5/c1-16-6-4(13)2-3(5(14)17-6)12-7(15)8(9,10)11/h3-6,13-14H,2H2,1H3,(H,12,15)/t3-,4-,5+,6-/m0/s1. The van der Waals surface area contributed by atoms with Crippen molar-refractivity contribution < 1.29 is 37.7 Å². The van der Waals surface area contributed by atoms with E-state index in [9.17, 15) is 28.2 Å². The number of ether oxygens (including phenoxy) is 2. The predicted octanol–water partition coefficient (Wildman–Crippen LogP) is -0.894. The predicted molar refractivity (Wildman–Crippen MR) is 46.5 cm³/mol. The monoisotopic (exact) mass is 259 g/mol. The fourth-order valence-corrected chi connectivity index (χ4v) is 1.40. The molecule has 0 aromatic rings. The molecular formula is C8H12F3NO5. The molecule has 1 heterocycles. The van der Waals surface area contributed by atoms with Crippen LogP contribution in [-0.2, 0) is 14.3 Å². The maximum absolute atomic E-state index is 11.9. The lowest BCUT2D eigenvalue weighted by Gasteiger charge is -2.36. The molecule has 0 bridgehead atoms. The molecule has 3 N–H and O–H groups in total. The van der Waals surface area contributed by atoms with E-state index in [1.54, 1.807) is 0 Å². The van der Waals surface area contributed by atoms with Gasteiger partial charge < -0.3 is 25.0 Å². The number of aliphatic hydroxyl groups excluding tert-OH is 2. The fourth-order valence-electron chi connectivity index (χ4n) is 1.40. The summed E-state index contributed by atoms with van der Waals surface area (Å²) in [6.07, 6.45) is -9.40. The number of nitrogens with one attached hydrogen (secondary N) is 1. The second kappa shape index (κ2) is 5.17. The third kappa shape index (κ3) is 3.53. The molecule has 0 spiro atoms. The number of alkyl halides is 3. The number of halogens is 3. The van der Waals surface area contributed by atoms with Crippen LogP contribution in [0.3, 0.4) is 0 Å². The van der Waals surface area contributed by atoms with Crippen LogP contribution in [0, 0.1) is 0 Å². The molecule has 1 rings (SSSR count). The van der Waals surface area contributed by atoms with Crippen LogP contribution in [0.4, 0.5) is 13.2 Å². The summed E-state index contributed by atoms with van der Waals surface area (Å²) >= 11 is 0. The molecule has 6 nitrogen and oxygen atoms in total. The average Bonchev–Trinajstić information content (AvgIpc) is 2.21. The molecule has 1 saturated heterocycles. The lowest BCUT2D eigenvalue weighted by atomic mass is 10.1. The average molecular weight is 259 g/mol. The van der Waals surface area contributed by atoms with Crippen molar-refractivity contribution >= 4 is 5.91 Å². The molecule has 17 heavy (non-hydrogen) atoms. The number of rotatable bonds is 2. The van der Waals surface area contributed by atoms with Gasteiger partial charge in [0.05, 0.1) is 6.04 Å². The zero-order valence-electron chi connectivity index (χ0n) is 8.77. The highest BCUT2D eigenvalue weighted by Gasteiger charge is 2.43. The van der Waals surface area contributed by atoms with Gasteiger partial charge in [-0.15, -0.1) is 0 Å². The topological polar surface area (TPSA) is 88.0 Å². The Labute approximate surface area is 94.3 Å². The Morgan fingerprint density at radius 3 is 2.53 bits per heavy atom. The molecule has 9 heteroatoms. The molecule has 100 valence electrons. The fraction of sp³-hybridized carbons (Fsp3) is 0.875. The molecule has 0 radical (unpaired) electrons. The molecule has 0 aromatic heterocycles. The van der Waals surface area contributed by atoms with Crippen molar-refractivity contribution in [1.29, 1.82) is 0 Å². The molecule has 1 aliphatic heterocycles. The van der Waals surface area contributed by atoms with Gasteiger partial charge in [0, 0.05) is 13.5 Å². The lowest BCUT2D eigenvalue weighted by molar-refractivity contribution is -0.287. The first-order valence-electron chi connectivity index (χ1n) is 4.67. The minimum atomic E-state index is -5.05. The van der Waals surface area contributed by atoms with Crippen molar-refractivity contribution in [3.63, 3.8) is 0 Å². The number of methoxy groups -OCH3 is 1. The van der Waals surface area contributed by atoms with E-state index >= 15 is 0 Å². The summed E-state index contributed by atoms with van der Waals surface area (Å²) in [4.78, 5) is 10.6. The highest BCUT2D eigenvalue weighted by atomic mass is 19.4. The van der Waals surface area contributed by atoms with Gasteiger partial charge in [-0.3, -0.25) is 4.79 Å². The molecule has 0 aromatic carbocycles. The Morgan fingerprint density at radius 1 is 1.47 bits per heavy atom. The number of aliphatic hydroxyl groups is 2. The summed E-state index contributed by atoms with van der Waals surface area (Å²) in [5, 5.41) is 20.2. The van der Waals surface area contributed by atoms with Crippen molar-refractivity contribution in [1.82, 2.24) is 5.32 Å². The third-order valence-corrected chi connectivity index (χ3v) is 2.23. The van der Waals surface area contributed by atoms with E-state index in [2.05, 4.69) is 9.47 Å². The smallest absolute Gasteiger partial charge is 0.388 e. The van der Waals surface area contributed by atoms with E-state index in [-0.39, 0.29) is 6.42 Å². The molecular weight excluding hydrogens is 247 g/mol. The number of hydrogen-bond donors (Lipinski definition) is 3. The van der Waals surface area contributed by atoms with E-state index in [0.717, 1.165) is 0 Å². The summed E-state index contributed by atoms with van der Waals surface area (Å²) in [7, 11) is 1.20.